The molecule has 5 nitrogen and oxygen atoms in total. The Morgan fingerprint density at radius 3 is 2.80 bits per heavy atom. The van der Waals surface area contributed by atoms with Gasteiger partial charge in [0, 0.05) is 35.8 Å². The molecular formula is C14H14N4OS. The molecule has 1 amide bonds. The topological polar surface area (TPSA) is 71.2 Å². The molecule has 1 aromatic carbocycles. The minimum Gasteiger partial charge on any atom is -0.397 e. The summed E-state index contributed by atoms with van der Waals surface area (Å²) in [6, 6.07) is 7.84. The van der Waals surface area contributed by atoms with Gasteiger partial charge in [-0.2, -0.15) is 0 Å². The van der Waals surface area contributed by atoms with Gasteiger partial charge in [-0.25, -0.2) is 5.01 Å². The van der Waals surface area contributed by atoms with Gasteiger partial charge in [0.15, 0.2) is 0 Å². The number of amides is 1. The van der Waals surface area contributed by atoms with E-state index in [1.54, 1.807) is 25.3 Å². The number of aromatic nitrogens is 1. The Bertz CT molecular complexity index is 809. The zero-order valence-corrected chi connectivity index (χ0v) is 12.0. The zero-order valence-electron chi connectivity index (χ0n) is 11.2. The van der Waals surface area contributed by atoms with Crippen LogP contribution in [-0.2, 0) is 0 Å². The first kappa shape index (κ1) is 12.8. The van der Waals surface area contributed by atoms with Crippen LogP contribution in [0.15, 0.2) is 30.5 Å². The Morgan fingerprint density at radius 2 is 2.05 bits per heavy atom. The Morgan fingerprint density at radius 1 is 1.30 bits per heavy atom. The van der Waals surface area contributed by atoms with Crippen LogP contribution in [0.2, 0.25) is 0 Å². The Hall–Kier alpha value is -2.18. The molecule has 0 bridgehead atoms. The van der Waals surface area contributed by atoms with Crippen LogP contribution in [0, 0.1) is 0 Å². The van der Waals surface area contributed by atoms with Gasteiger partial charge >= 0.3 is 0 Å². The summed E-state index contributed by atoms with van der Waals surface area (Å²) in [5, 5.41) is 3.45. The number of carbonyl (C=O) groups is 1. The van der Waals surface area contributed by atoms with Crippen molar-refractivity contribution in [1.82, 2.24) is 15.4 Å². The summed E-state index contributed by atoms with van der Waals surface area (Å²) < 4.78 is 0.997. The van der Waals surface area contributed by atoms with E-state index in [1.165, 1.54) is 11.3 Å². The molecule has 3 N–H and O–H groups in total. The molecule has 2 aromatic heterocycles. The molecule has 6 heteroatoms. The van der Waals surface area contributed by atoms with Crippen molar-refractivity contribution in [2.45, 2.75) is 0 Å². The molecule has 0 fully saturated rings. The first-order valence-corrected chi connectivity index (χ1v) is 6.93. The molecule has 102 valence electrons. The molecule has 0 radical (unpaired) electrons. The van der Waals surface area contributed by atoms with Gasteiger partial charge < -0.3 is 5.73 Å². The summed E-state index contributed by atoms with van der Waals surface area (Å²) in [5.41, 5.74) is 10.2. The average molecular weight is 286 g/mol. The van der Waals surface area contributed by atoms with Gasteiger partial charge in [-0.15, -0.1) is 11.3 Å². The van der Waals surface area contributed by atoms with E-state index in [4.69, 9.17) is 5.73 Å². The number of thiophene rings is 1. The molecule has 0 saturated carbocycles. The molecule has 0 saturated heterocycles. The van der Waals surface area contributed by atoms with E-state index in [-0.39, 0.29) is 5.91 Å². The fourth-order valence-corrected chi connectivity index (χ4v) is 3.24. The van der Waals surface area contributed by atoms with E-state index in [2.05, 4.69) is 10.4 Å². The number of nitrogens with two attached hydrogens (primary N) is 1. The van der Waals surface area contributed by atoms with Crippen molar-refractivity contribution >= 4 is 43.9 Å². The van der Waals surface area contributed by atoms with Crippen molar-refractivity contribution < 1.29 is 4.79 Å². The van der Waals surface area contributed by atoms with E-state index < -0.39 is 0 Å². The predicted molar refractivity (Wildman–Crippen MR) is 82.7 cm³/mol. The van der Waals surface area contributed by atoms with Crippen molar-refractivity contribution in [3.8, 4) is 0 Å². The highest BCUT2D eigenvalue weighted by Gasteiger charge is 2.18. The number of anilines is 1. The summed E-state index contributed by atoms with van der Waals surface area (Å²) in [7, 11) is 3.52. The van der Waals surface area contributed by atoms with Crippen LogP contribution in [0.5, 0.6) is 0 Å². The molecule has 0 unspecified atom stereocenters. The predicted octanol–water partition coefficient (Wildman–Crippen LogP) is 2.24. The number of carbonyl (C=O) groups excluding carboxylic acids is 1. The van der Waals surface area contributed by atoms with Gasteiger partial charge in [0.2, 0.25) is 0 Å². The normalized spacial score (nSPS) is 11.3. The number of nitrogens with one attached hydrogen (secondary N) is 1. The van der Waals surface area contributed by atoms with Crippen molar-refractivity contribution in [2.75, 3.05) is 19.8 Å². The van der Waals surface area contributed by atoms with Crippen LogP contribution in [0.1, 0.15) is 9.67 Å². The van der Waals surface area contributed by atoms with Gasteiger partial charge in [0.05, 0.1) is 11.2 Å². The van der Waals surface area contributed by atoms with Crippen LogP contribution < -0.4 is 11.2 Å². The molecule has 0 aliphatic heterocycles. The minimum atomic E-state index is -0.196. The highest BCUT2D eigenvalue weighted by atomic mass is 32.1. The number of fused-ring (bicyclic) bond motifs is 3. The number of benzene rings is 1. The van der Waals surface area contributed by atoms with E-state index in [9.17, 15) is 4.79 Å². The van der Waals surface area contributed by atoms with Crippen molar-refractivity contribution in [2.24, 2.45) is 0 Å². The molecule has 0 aliphatic rings. The number of hydrogen-bond donors (Lipinski definition) is 2. The SMILES string of the molecule is CN(C)NC(=O)c1sc2c(cnc3ccccc32)c1N. The zero-order chi connectivity index (χ0) is 14.3. The molecule has 3 rings (SSSR count). The molecule has 0 spiro atoms. The van der Waals surface area contributed by atoms with Crippen LogP contribution in [0.25, 0.3) is 21.0 Å². The number of pyridine rings is 1. The number of hydrogen-bond acceptors (Lipinski definition) is 5. The number of hydrazine groups is 1. The highest BCUT2D eigenvalue weighted by molar-refractivity contribution is 7.22. The lowest BCUT2D eigenvalue weighted by atomic mass is 10.1. The first-order chi connectivity index (χ1) is 9.58. The maximum atomic E-state index is 12.1. The van der Waals surface area contributed by atoms with Gasteiger partial charge in [-0.05, 0) is 6.07 Å². The molecular weight excluding hydrogens is 272 g/mol. The summed E-state index contributed by atoms with van der Waals surface area (Å²) in [6.07, 6.45) is 1.73. The lowest BCUT2D eigenvalue weighted by Crippen LogP contribution is -2.35. The molecule has 0 aliphatic carbocycles. The van der Waals surface area contributed by atoms with Crippen LogP contribution in [0.4, 0.5) is 5.69 Å². The van der Waals surface area contributed by atoms with Gasteiger partial charge in [-0.3, -0.25) is 15.2 Å². The molecule has 0 atom stereocenters. The largest absolute Gasteiger partial charge is 0.397 e. The standard InChI is InChI=1S/C14H14N4OS/c1-18(2)17-14(19)13-11(15)9-7-16-10-6-4-3-5-8(10)12(9)20-13/h3-7H,15H2,1-2H3,(H,17,19). The molecule has 3 aromatic rings. The molecule has 2 heterocycles. The third-order valence-electron chi connectivity index (χ3n) is 3.00. The minimum absolute atomic E-state index is 0.196. The smallest absolute Gasteiger partial charge is 0.277 e. The summed E-state index contributed by atoms with van der Waals surface area (Å²) in [5.74, 6) is -0.196. The van der Waals surface area contributed by atoms with E-state index >= 15 is 0 Å². The maximum absolute atomic E-state index is 12.1. The lowest BCUT2D eigenvalue weighted by Gasteiger charge is -2.10. The second kappa shape index (κ2) is 4.73. The Kier molecular flexibility index (Phi) is 3.04. The van der Waals surface area contributed by atoms with Crippen LogP contribution in [-0.4, -0.2) is 30.0 Å². The van der Waals surface area contributed by atoms with E-state index in [0.717, 1.165) is 21.0 Å². The van der Waals surface area contributed by atoms with Crippen LogP contribution in [0.3, 0.4) is 0 Å². The first-order valence-electron chi connectivity index (χ1n) is 6.12. The average Bonchev–Trinajstić information content (AvgIpc) is 2.76. The Balaban J connectivity index is 2.23. The van der Waals surface area contributed by atoms with Crippen LogP contribution >= 0.6 is 11.3 Å². The molecule has 20 heavy (non-hydrogen) atoms. The maximum Gasteiger partial charge on any atom is 0.277 e. The lowest BCUT2D eigenvalue weighted by molar-refractivity contribution is 0.0862. The monoisotopic (exact) mass is 286 g/mol. The third kappa shape index (κ3) is 1.99. The van der Waals surface area contributed by atoms with E-state index in [1.807, 2.05) is 24.3 Å². The fraction of sp³-hybridized carbons (Fsp3) is 0.143. The number of para-hydroxylation sites is 1. The Labute approximate surface area is 120 Å². The fourth-order valence-electron chi connectivity index (χ4n) is 2.12. The van der Waals surface area contributed by atoms with E-state index in [0.29, 0.717) is 10.6 Å². The van der Waals surface area contributed by atoms with Gasteiger partial charge in [0.1, 0.15) is 4.88 Å². The summed E-state index contributed by atoms with van der Waals surface area (Å²) in [4.78, 5) is 17.0. The van der Waals surface area contributed by atoms with Gasteiger partial charge in [0.25, 0.3) is 5.91 Å². The van der Waals surface area contributed by atoms with Crippen molar-refractivity contribution in [1.29, 1.82) is 0 Å². The quantitative estimate of drug-likeness (QED) is 0.709. The summed E-state index contributed by atoms with van der Waals surface area (Å²) >= 11 is 1.40. The van der Waals surface area contributed by atoms with Crippen molar-refractivity contribution in [3.05, 3.63) is 35.3 Å². The summed E-state index contributed by atoms with van der Waals surface area (Å²) in [6.45, 7) is 0. The second-order valence-electron chi connectivity index (χ2n) is 4.70. The number of rotatable bonds is 2. The second-order valence-corrected chi connectivity index (χ2v) is 5.72. The van der Waals surface area contributed by atoms with Gasteiger partial charge in [-0.1, -0.05) is 18.2 Å². The highest BCUT2D eigenvalue weighted by Crippen LogP contribution is 2.37. The number of nitrogen functional groups attached to an aromatic ring is 1. The third-order valence-corrected chi connectivity index (χ3v) is 4.25. The van der Waals surface area contributed by atoms with Crippen molar-refractivity contribution in [3.63, 3.8) is 0 Å². The number of nitrogens with zero attached hydrogens (tertiary/aromatic N) is 2.